The zero-order valence-corrected chi connectivity index (χ0v) is 28.8. The molecule has 3 aromatic carbocycles. The van der Waals surface area contributed by atoms with Gasteiger partial charge in [0, 0.05) is 31.7 Å². The number of carbonyl (C=O) groups is 1. The molecule has 4 aliphatic rings. The van der Waals surface area contributed by atoms with Gasteiger partial charge in [-0.1, -0.05) is 71.7 Å². The van der Waals surface area contributed by atoms with Gasteiger partial charge in [0.25, 0.3) is 0 Å². The van der Waals surface area contributed by atoms with Gasteiger partial charge in [0.2, 0.25) is 5.91 Å². The SMILES string of the molecule is CC[N+]12CCC(CC1)CC2OC1(c2ccc(Cl)c(Cl)c2)CN(C(=O)Cc2cccc(OC(C)C)c2)CCC1c1ccccc1.[Cl-]. The highest BCUT2D eigenvalue weighted by Gasteiger charge is 2.55. The molecule has 242 valence electrons. The standard InChI is InChI=1S/C37H45Cl2N2O3.ClH/c1-4-41-19-16-27(17-20-41)23-36(41)44-37(30-13-14-33(38)34(39)24-30)25-40(18-15-32(37)29-10-6-5-7-11-29)35(42)22-28-9-8-12-31(21-28)43-26(2)3;/h5-14,21,24,26-27,32,36H,4,15-20,22-23,25H2,1-3H3;1H/q+1;/p-1. The molecule has 8 heteroatoms. The summed E-state index contributed by atoms with van der Waals surface area (Å²) in [6, 6.07) is 24.5. The predicted molar refractivity (Wildman–Crippen MR) is 177 cm³/mol. The van der Waals surface area contributed by atoms with Crippen LogP contribution in [-0.2, 0) is 21.6 Å². The molecule has 5 nitrogen and oxygen atoms in total. The number of hydrogen-bond acceptors (Lipinski definition) is 3. The van der Waals surface area contributed by atoms with E-state index in [0.717, 1.165) is 53.8 Å². The third-order valence-corrected chi connectivity index (χ3v) is 11.1. The molecular weight excluding hydrogens is 627 g/mol. The van der Waals surface area contributed by atoms with E-state index in [9.17, 15) is 4.79 Å². The van der Waals surface area contributed by atoms with Gasteiger partial charge in [-0.05, 0) is 74.1 Å². The van der Waals surface area contributed by atoms with Crippen LogP contribution >= 0.6 is 23.2 Å². The number of carbonyl (C=O) groups excluding carboxylic acids is 1. The van der Waals surface area contributed by atoms with Crippen LogP contribution in [0.25, 0.3) is 0 Å². The maximum Gasteiger partial charge on any atom is 0.227 e. The second-order valence-electron chi connectivity index (χ2n) is 13.3. The molecular formula is C37H45Cl3N2O3. The van der Waals surface area contributed by atoms with Gasteiger partial charge in [0.15, 0.2) is 6.23 Å². The smallest absolute Gasteiger partial charge is 0.227 e. The summed E-state index contributed by atoms with van der Waals surface area (Å²) in [5.41, 5.74) is 2.38. The quantitative estimate of drug-likeness (QED) is 0.293. The average Bonchev–Trinajstić information content (AvgIpc) is 3.03. The number of halogens is 3. The molecule has 4 aliphatic heterocycles. The van der Waals surface area contributed by atoms with Gasteiger partial charge >= 0.3 is 0 Å². The molecule has 0 radical (unpaired) electrons. The monoisotopic (exact) mass is 670 g/mol. The highest BCUT2D eigenvalue weighted by Crippen LogP contribution is 2.51. The predicted octanol–water partition coefficient (Wildman–Crippen LogP) is 5.23. The van der Waals surface area contributed by atoms with E-state index in [2.05, 4.69) is 43.3 Å². The molecule has 45 heavy (non-hydrogen) atoms. The number of likely N-dealkylation sites (tertiary alicyclic amines) is 1. The summed E-state index contributed by atoms with van der Waals surface area (Å²) < 4.78 is 14.5. The van der Waals surface area contributed by atoms with Gasteiger partial charge in [-0.2, -0.15) is 0 Å². The van der Waals surface area contributed by atoms with E-state index in [4.69, 9.17) is 32.7 Å². The molecule has 4 fully saturated rings. The van der Waals surface area contributed by atoms with Gasteiger partial charge in [0.1, 0.15) is 11.4 Å². The minimum Gasteiger partial charge on any atom is -1.00 e. The van der Waals surface area contributed by atoms with E-state index in [-0.39, 0.29) is 36.6 Å². The van der Waals surface area contributed by atoms with Crippen LogP contribution < -0.4 is 17.1 Å². The van der Waals surface area contributed by atoms with Gasteiger partial charge in [0.05, 0.1) is 48.7 Å². The van der Waals surface area contributed by atoms with E-state index in [1.807, 2.05) is 55.1 Å². The lowest BCUT2D eigenvalue weighted by Crippen LogP contribution is -3.00. The molecule has 7 rings (SSSR count). The maximum absolute atomic E-state index is 14.1. The van der Waals surface area contributed by atoms with Crippen LogP contribution in [0.3, 0.4) is 0 Å². The van der Waals surface area contributed by atoms with E-state index in [1.165, 1.54) is 18.4 Å². The fourth-order valence-corrected chi connectivity index (χ4v) is 8.24. The first-order chi connectivity index (χ1) is 21.2. The molecule has 0 N–H and O–H groups in total. The van der Waals surface area contributed by atoms with Crippen LogP contribution in [0.5, 0.6) is 5.75 Å². The fourth-order valence-electron chi connectivity index (χ4n) is 7.94. The van der Waals surface area contributed by atoms with E-state index < -0.39 is 5.60 Å². The van der Waals surface area contributed by atoms with Crippen molar-refractivity contribution in [3.05, 3.63) is 99.5 Å². The largest absolute Gasteiger partial charge is 1.00 e. The van der Waals surface area contributed by atoms with Crippen LogP contribution in [0.1, 0.15) is 69.1 Å². The number of quaternary nitrogens is 1. The van der Waals surface area contributed by atoms with Crippen molar-refractivity contribution in [1.82, 2.24) is 4.90 Å². The van der Waals surface area contributed by atoms with E-state index in [0.29, 0.717) is 35.5 Å². The zero-order valence-electron chi connectivity index (χ0n) is 26.6. The molecule has 4 saturated heterocycles. The van der Waals surface area contributed by atoms with Gasteiger partial charge in [-0.15, -0.1) is 0 Å². The summed E-state index contributed by atoms with van der Waals surface area (Å²) in [7, 11) is 0. The van der Waals surface area contributed by atoms with Crippen LogP contribution in [-0.4, -0.2) is 60.3 Å². The molecule has 1 amide bonds. The first-order valence-corrected chi connectivity index (χ1v) is 17.0. The lowest BCUT2D eigenvalue weighted by atomic mass is 9.72. The number of hydrogen-bond donors (Lipinski definition) is 0. The Balaban J connectivity index is 0.00000400. The van der Waals surface area contributed by atoms with Crippen LogP contribution in [0.4, 0.5) is 0 Å². The summed E-state index contributed by atoms with van der Waals surface area (Å²) in [6.07, 6.45) is 4.81. The summed E-state index contributed by atoms with van der Waals surface area (Å²) in [5, 5.41) is 1.03. The molecule has 4 heterocycles. The number of ether oxygens (including phenoxy) is 2. The van der Waals surface area contributed by atoms with Crippen molar-refractivity contribution in [2.75, 3.05) is 32.7 Å². The minimum absolute atomic E-state index is 0. The molecule has 0 aliphatic carbocycles. The van der Waals surface area contributed by atoms with Crippen molar-refractivity contribution in [2.45, 2.75) is 76.7 Å². The third-order valence-electron chi connectivity index (χ3n) is 10.4. The Morgan fingerprint density at radius 1 is 0.978 bits per heavy atom. The highest BCUT2D eigenvalue weighted by molar-refractivity contribution is 6.42. The second-order valence-corrected chi connectivity index (χ2v) is 14.1. The van der Waals surface area contributed by atoms with Crippen molar-refractivity contribution in [1.29, 1.82) is 0 Å². The number of amides is 1. The highest BCUT2D eigenvalue weighted by atomic mass is 35.5. The summed E-state index contributed by atoms with van der Waals surface area (Å²) in [4.78, 5) is 16.1. The summed E-state index contributed by atoms with van der Waals surface area (Å²) in [5.74, 6) is 1.62. The Morgan fingerprint density at radius 2 is 1.73 bits per heavy atom. The maximum atomic E-state index is 14.1. The first kappa shape index (κ1) is 34.1. The van der Waals surface area contributed by atoms with Crippen molar-refractivity contribution < 1.29 is 31.2 Å². The van der Waals surface area contributed by atoms with Gasteiger partial charge < -0.3 is 26.8 Å². The topological polar surface area (TPSA) is 38.8 Å². The molecule has 0 saturated carbocycles. The second kappa shape index (κ2) is 14.2. The molecule has 0 spiro atoms. The summed E-state index contributed by atoms with van der Waals surface area (Å²) in [6.45, 7) is 10.8. The molecule has 0 aromatic heterocycles. The fraction of sp³-hybridized carbons (Fsp3) is 0.486. The molecule has 3 unspecified atom stereocenters. The number of benzene rings is 3. The number of nitrogens with zero attached hydrogens (tertiary/aromatic N) is 2. The number of rotatable bonds is 9. The Hall–Kier alpha value is -2.28. The molecule has 3 atom stereocenters. The molecule has 3 aromatic rings. The zero-order chi connectivity index (χ0) is 30.9. The van der Waals surface area contributed by atoms with E-state index in [1.54, 1.807) is 0 Å². The Kier molecular flexibility index (Phi) is 10.8. The third kappa shape index (κ3) is 7.04. The van der Waals surface area contributed by atoms with Crippen LogP contribution in [0, 0.1) is 5.92 Å². The van der Waals surface area contributed by atoms with Crippen molar-refractivity contribution in [2.24, 2.45) is 5.92 Å². The molecule has 2 bridgehead atoms. The van der Waals surface area contributed by atoms with E-state index >= 15 is 0 Å². The van der Waals surface area contributed by atoms with Crippen LogP contribution in [0.2, 0.25) is 10.0 Å². The number of fused-ring (bicyclic) bond motifs is 3. The number of piperidine rings is 4. The van der Waals surface area contributed by atoms with Crippen molar-refractivity contribution in [3.8, 4) is 5.75 Å². The normalized spacial score (nSPS) is 27.7. The summed E-state index contributed by atoms with van der Waals surface area (Å²) >= 11 is 13.2. The van der Waals surface area contributed by atoms with Gasteiger partial charge in [-0.3, -0.25) is 9.28 Å². The lowest BCUT2D eigenvalue weighted by Gasteiger charge is -2.57. The Bertz CT molecular complexity index is 1460. The minimum atomic E-state index is -0.783. The van der Waals surface area contributed by atoms with Crippen LogP contribution in [0.15, 0.2) is 72.8 Å². The van der Waals surface area contributed by atoms with Gasteiger partial charge in [-0.25, -0.2) is 0 Å². The first-order valence-electron chi connectivity index (χ1n) is 16.3. The van der Waals surface area contributed by atoms with Crippen molar-refractivity contribution >= 4 is 29.1 Å². The lowest BCUT2D eigenvalue weighted by molar-refractivity contribution is -0.987. The Morgan fingerprint density at radius 3 is 2.42 bits per heavy atom. The van der Waals surface area contributed by atoms with Crippen molar-refractivity contribution in [3.63, 3.8) is 0 Å². The Labute approximate surface area is 284 Å². The average molecular weight is 672 g/mol.